The Hall–Kier alpha value is -2.63. The minimum absolute atomic E-state index is 0.0850. The zero-order chi connectivity index (χ0) is 43.0. The van der Waals surface area contributed by atoms with E-state index in [1.807, 2.05) is 0 Å². The number of hydrogen-bond donors (Lipinski definition) is 0. The largest absolute Gasteiger partial charge is 0.462 e. The van der Waals surface area contributed by atoms with E-state index >= 15 is 0 Å². The first kappa shape index (κ1) is 56.4. The van der Waals surface area contributed by atoms with Gasteiger partial charge in [-0.15, -0.1) is 0 Å². The summed E-state index contributed by atoms with van der Waals surface area (Å²) < 4.78 is 16.7. The molecule has 59 heavy (non-hydrogen) atoms. The van der Waals surface area contributed by atoms with E-state index in [4.69, 9.17) is 14.2 Å². The Morgan fingerprint density at radius 1 is 0.339 bits per heavy atom. The summed E-state index contributed by atoms with van der Waals surface area (Å²) in [5.41, 5.74) is 0. The number of esters is 3. The number of rotatable bonds is 45. The summed E-state index contributed by atoms with van der Waals surface area (Å²) in [7, 11) is 0. The van der Waals surface area contributed by atoms with Crippen LogP contribution in [0.4, 0.5) is 0 Å². The third kappa shape index (κ3) is 46.3. The van der Waals surface area contributed by atoms with Crippen LogP contribution in [0.25, 0.3) is 0 Å². The zero-order valence-corrected chi connectivity index (χ0v) is 39.0. The molecule has 0 aliphatic heterocycles. The van der Waals surface area contributed by atoms with Crippen LogP contribution in [0, 0.1) is 0 Å². The summed E-state index contributed by atoms with van der Waals surface area (Å²) in [4.78, 5) is 37.9. The molecule has 0 aromatic carbocycles. The maximum Gasteiger partial charge on any atom is 0.306 e. The van der Waals surface area contributed by atoms with E-state index in [1.165, 1.54) is 116 Å². The fourth-order valence-electron chi connectivity index (χ4n) is 6.92. The predicted octanol–water partition coefficient (Wildman–Crippen LogP) is 16.3. The monoisotopic (exact) mass is 827 g/mol. The second-order valence-corrected chi connectivity index (χ2v) is 16.7. The van der Waals surface area contributed by atoms with Gasteiger partial charge in [-0.05, 0) is 96.3 Å². The maximum atomic E-state index is 12.8. The Balaban J connectivity index is 4.40. The van der Waals surface area contributed by atoms with Crippen molar-refractivity contribution in [1.29, 1.82) is 0 Å². The van der Waals surface area contributed by atoms with Crippen LogP contribution in [-0.2, 0) is 28.6 Å². The molecule has 0 spiro atoms. The second kappa shape index (κ2) is 48.0. The lowest BCUT2D eigenvalue weighted by Crippen LogP contribution is -2.30. The highest BCUT2D eigenvalue weighted by Gasteiger charge is 2.19. The van der Waals surface area contributed by atoms with Crippen molar-refractivity contribution in [2.75, 3.05) is 13.2 Å². The van der Waals surface area contributed by atoms with E-state index in [9.17, 15) is 14.4 Å². The molecular formula is C53H94O6. The molecule has 0 N–H and O–H groups in total. The number of hydrogen-bond acceptors (Lipinski definition) is 6. The van der Waals surface area contributed by atoms with E-state index in [1.54, 1.807) is 0 Å². The van der Waals surface area contributed by atoms with Gasteiger partial charge in [0.25, 0.3) is 0 Å². The zero-order valence-electron chi connectivity index (χ0n) is 39.0. The number of ether oxygens (including phenoxy) is 3. The van der Waals surface area contributed by atoms with Crippen molar-refractivity contribution in [3.05, 3.63) is 48.6 Å². The Morgan fingerprint density at radius 2 is 0.627 bits per heavy atom. The number of carbonyl (C=O) groups excluding carboxylic acids is 3. The fourth-order valence-corrected chi connectivity index (χ4v) is 6.92. The topological polar surface area (TPSA) is 78.9 Å². The van der Waals surface area contributed by atoms with Crippen molar-refractivity contribution in [3.8, 4) is 0 Å². The molecule has 0 amide bonds. The van der Waals surface area contributed by atoms with Crippen molar-refractivity contribution in [1.82, 2.24) is 0 Å². The lowest BCUT2D eigenvalue weighted by Gasteiger charge is -2.18. The molecule has 0 saturated heterocycles. The van der Waals surface area contributed by atoms with Crippen LogP contribution >= 0.6 is 0 Å². The third-order valence-corrected chi connectivity index (χ3v) is 10.8. The van der Waals surface area contributed by atoms with Crippen LogP contribution in [0.3, 0.4) is 0 Å². The van der Waals surface area contributed by atoms with Gasteiger partial charge >= 0.3 is 17.9 Å². The first-order valence-electron chi connectivity index (χ1n) is 25.1. The lowest BCUT2D eigenvalue weighted by molar-refractivity contribution is -0.167. The average molecular weight is 827 g/mol. The minimum atomic E-state index is -0.784. The molecule has 0 aliphatic rings. The van der Waals surface area contributed by atoms with Crippen molar-refractivity contribution in [3.63, 3.8) is 0 Å². The van der Waals surface area contributed by atoms with Gasteiger partial charge < -0.3 is 14.2 Å². The smallest absolute Gasteiger partial charge is 0.306 e. The number of carbonyl (C=O) groups is 3. The molecule has 342 valence electrons. The first-order valence-corrected chi connectivity index (χ1v) is 25.1. The SMILES string of the molecule is CCCC/C=C\CCCCCCCC(=O)OCC(COC(=O)CCCCCCC/C=C\C/C=C\CCCCC)OC(=O)CCCCCCC/C=C\CCCCCCCC. The van der Waals surface area contributed by atoms with Gasteiger partial charge in [-0.25, -0.2) is 0 Å². The maximum absolute atomic E-state index is 12.8. The van der Waals surface area contributed by atoms with Crippen LogP contribution in [0.15, 0.2) is 48.6 Å². The second-order valence-electron chi connectivity index (χ2n) is 16.7. The summed E-state index contributed by atoms with van der Waals surface area (Å²) in [6.07, 6.45) is 56.6. The highest BCUT2D eigenvalue weighted by Crippen LogP contribution is 2.14. The van der Waals surface area contributed by atoms with Crippen LogP contribution in [-0.4, -0.2) is 37.2 Å². The molecule has 1 atom stereocenters. The average Bonchev–Trinajstić information content (AvgIpc) is 3.23. The Kier molecular flexibility index (Phi) is 45.9. The molecule has 0 rings (SSSR count). The molecule has 0 saturated carbocycles. The molecule has 0 aliphatic carbocycles. The molecule has 0 bridgehead atoms. The van der Waals surface area contributed by atoms with E-state index in [0.717, 1.165) is 96.3 Å². The Labute approximate surface area is 365 Å². The predicted molar refractivity (Wildman–Crippen MR) is 252 cm³/mol. The summed E-state index contributed by atoms with van der Waals surface area (Å²) in [5, 5.41) is 0. The van der Waals surface area contributed by atoms with Gasteiger partial charge in [-0.2, -0.15) is 0 Å². The van der Waals surface area contributed by atoms with Crippen LogP contribution in [0.1, 0.15) is 252 Å². The molecule has 6 heteroatoms. The first-order chi connectivity index (χ1) is 29.0. The Morgan fingerprint density at radius 3 is 1.03 bits per heavy atom. The summed E-state index contributed by atoms with van der Waals surface area (Å²) in [6.45, 7) is 6.54. The molecule has 1 unspecified atom stereocenters. The summed E-state index contributed by atoms with van der Waals surface area (Å²) in [6, 6.07) is 0. The lowest BCUT2D eigenvalue weighted by atomic mass is 10.1. The quantitative estimate of drug-likeness (QED) is 0.0263. The van der Waals surface area contributed by atoms with Crippen LogP contribution < -0.4 is 0 Å². The molecule has 0 heterocycles. The van der Waals surface area contributed by atoms with Gasteiger partial charge in [0.15, 0.2) is 6.10 Å². The van der Waals surface area contributed by atoms with E-state index < -0.39 is 6.10 Å². The van der Waals surface area contributed by atoms with Gasteiger partial charge in [-0.1, -0.05) is 185 Å². The molecule has 6 nitrogen and oxygen atoms in total. The normalized spacial score (nSPS) is 12.4. The van der Waals surface area contributed by atoms with Crippen molar-refractivity contribution >= 4 is 17.9 Å². The molecule has 0 aromatic rings. The molecule has 0 fully saturated rings. The van der Waals surface area contributed by atoms with Crippen molar-refractivity contribution in [2.24, 2.45) is 0 Å². The van der Waals surface area contributed by atoms with Gasteiger partial charge in [0.1, 0.15) is 13.2 Å². The van der Waals surface area contributed by atoms with Gasteiger partial charge in [0, 0.05) is 19.3 Å². The standard InChI is InChI=1S/C53H94O6/c1-4-7-10-13-16-19-22-24-26-28-31-34-37-40-43-46-52(55)58-49-50(48-57-51(54)45-42-39-36-33-30-21-18-15-12-9-6-3)59-53(56)47-44-41-38-35-32-29-27-25-23-20-17-14-11-8-5-2/h15-16,18-19,24-27,50H,4-14,17,20-23,28-49H2,1-3H3/b18-15-,19-16-,26-24-,27-25-. The van der Waals surface area contributed by atoms with E-state index in [-0.39, 0.29) is 31.1 Å². The third-order valence-electron chi connectivity index (χ3n) is 10.8. The molecular weight excluding hydrogens is 733 g/mol. The van der Waals surface area contributed by atoms with Crippen LogP contribution in [0.5, 0.6) is 0 Å². The van der Waals surface area contributed by atoms with Gasteiger partial charge in [-0.3, -0.25) is 14.4 Å². The highest BCUT2D eigenvalue weighted by molar-refractivity contribution is 5.71. The minimum Gasteiger partial charge on any atom is -0.462 e. The molecule has 0 radical (unpaired) electrons. The van der Waals surface area contributed by atoms with E-state index in [2.05, 4.69) is 69.4 Å². The van der Waals surface area contributed by atoms with Crippen molar-refractivity contribution < 1.29 is 28.6 Å². The Bertz CT molecular complexity index is 1040. The summed E-state index contributed by atoms with van der Waals surface area (Å²) >= 11 is 0. The van der Waals surface area contributed by atoms with Crippen LogP contribution in [0.2, 0.25) is 0 Å². The summed E-state index contributed by atoms with van der Waals surface area (Å²) in [5.74, 6) is -0.913. The van der Waals surface area contributed by atoms with Crippen molar-refractivity contribution in [2.45, 2.75) is 258 Å². The number of unbranched alkanes of at least 4 members (excludes halogenated alkanes) is 26. The molecule has 0 aromatic heterocycles. The van der Waals surface area contributed by atoms with Gasteiger partial charge in [0.2, 0.25) is 0 Å². The fraction of sp³-hybridized carbons (Fsp3) is 0.792. The van der Waals surface area contributed by atoms with E-state index in [0.29, 0.717) is 19.3 Å². The van der Waals surface area contributed by atoms with Gasteiger partial charge in [0.05, 0.1) is 0 Å². The highest BCUT2D eigenvalue weighted by atomic mass is 16.6. The number of allylic oxidation sites excluding steroid dienone is 8.